The fourth-order valence-electron chi connectivity index (χ4n) is 2.17. The zero-order valence-corrected chi connectivity index (χ0v) is 9.45. The zero-order chi connectivity index (χ0) is 10.8. The summed E-state index contributed by atoms with van der Waals surface area (Å²) >= 11 is 0. The van der Waals surface area contributed by atoms with Gasteiger partial charge >= 0.3 is 5.97 Å². The van der Waals surface area contributed by atoms with E-state index in [0.717, 1.165) is 24.4 Å². The molecule has 2 aliphatic heterocycles. The highest BCUT2D eigenvalue weighted by Gasteiger charge is 2.29. The second-order valence-corrected chi connectivity index (χ2v) is 4.43. The molecule has 0 saturated carbocycles. The molecule has 0 N–H and O–H groups in total. The highest BCUT2D eigenvalue weighted by Crippen LogP contribution is 2.23. The van der Waals surface area contributed by atoms with Crippen LogP contribution in [0.5, 0.6) is 0 Å². The van der Waals surface area contributed by atoms with E-state index in [2.05, 4.69) is 4.90 Å². The maximum atomic E-state index is 11.5. The second-order valence-electron chi connectivity index (χ2n) is 4.43. The fourth-order valence-corrected chi connectivity index (χ4v) is 2.17. The van der Waals surface area contributed by atoms with Crippen molar-refractivity contribution < 1.29 is 9.53 Å². The number of esters is 1. The number of ether oxygens (including phenoxy) is 1. The van der Waals surface area contributed by atoms with Crippen molar-refractivity contribution in [2.75, 3.05) is 40.3 Å². The first-order valence-electron chi connectivity index (χ1n) is 5.47. The molecule has 2 heterocycles. The van der Waals surface area contributed by atoms with Crippen LogP contribution in [0.4, 0.5) is 0 Å². The number of hydrogen-bond donors (Lipinski definition) is 0. The van der Waals surface area contributed by atoms with Crippen LogP contribution in [0.3, 0.4) is 0 Å². The molecule has 0 unspecified atom stereocenters. The van der Waals surface area contributed by atoms with Crippen LogP contribution < -0.4 is 0 Å². The lowest BCUT2D eigenvalue weighted by molar-refractivity contribution is -0.136. The Balaban J connectivity index is 2.16. The molecule has 4 heteroatoms. The Morgan fingerprint density at radius 2 is 2.00 bits per heavy atom. The third-order valence-corrected chi connectivity index (χ3v) is 2.90. The average molecular weight is 210 g/mol. The Labute approximate surface area is 90.5 Å². The van der Waals surface area contributed by atoms with E-state index in [9.17, 15) is 4.79 Å². The van der Waals surface area contributed by atoms with Crippen molar-refractivity contribution in [2.45, 2.75) is 12.8 Å². The Bertz CT molecular complexity index is 291. The number of rotatable bonds is 3. The minimum absolute atomic E-state index is 0.134. The van der Waals surface area contributed by atoms with E-state index in [4.69, 9.17) is 4.74 Å². The van der Waals surface area contributed by atoms with Crippen molar-refractivity contribution in [3.63, 3.8) is 0 Å². The van der Waals surface area contributed by atoms with Gasteiger partial charge in [0, 0.05) is 19.6 Å². The Hall–Kier alpha value is -1.03. The van der Waals surface area contributed by atoms with Crippen LogP contribution in [0.1, 0.15) is 12.8 Å². The smallest absolute Gasteiger partial charge is 0.337 e. The summed E-state index contributed by atoms with van der Waals surface area (Å²) in [5, 5.41) is 0. The van der Waals surface area contributed by atoms with Gasteiger partial charge in [-0.3, -0.25) is 0 Å². The van der Waals surface area contributed by atoms with Crippen molar-refractivity contribution in [3.8, 4) is 0 Å². The number of hydrogen-bond acceptors (Lipinski definition) is 4. The molecule has 0 aromatic carbocycles. The molecule has 2 rings (SSSR count). The number of likely N-dealkylation sites (tertiary alicyclic amines) is 1. The largest absolute Gasteiger partial charge is 0.456 e. The van der Waals surface area contributed by atoms with Crippen LogP contribution in [0.2, 0.25) is 0 Å². The number of cyclic esters (lactones) is 1. The van der Waals surface area contributed by atoms with Gasteiger partial charge in [-0.15, -0.1) is 0 Å². The molecule has 0 spiro atoms. The summed E-state index contributed by atoms with van der Waals surface area (Å²) < 4.78 is 5.11. The molecule has 0 aliphatic carbocycles. The Morgan fingerprint density at radius 3 is 2.60 bits per heavy atom. The molecule has 0 radical (unpaired) electrons. The van der Waals surface area contributed by atoms with Gasteiger partial charge in [0.15, 0.2) is 0 Å². The van der Waals surface area contributed by atoms with Gasteiger partial charge in [0.05, 0.1) is 11.3 Å². The number of carbonyl (C=O) groups is 1. The molecule has 4 nitrogen and oxygen atoms in total. The first-order chi connectivity index (χ1) is 7.18. The molecule has 0 amide bonds. The van der Waals surface area contributed by atoms with Crippen molar-refractivity contribution >= 4 is 5.97 Å². The monoisotopic (exact) mass is 210 g/mol. The number of likely N-dealkylation sites (N-methyl/N-ethyl adjacent to an activating group) is 1. The molecular formula is C11H18N2O2. The summed E-state index contributed by atoms with van der Waals surface area (Å²) in [7, 11) is 3.94. The highest BCUT2D eigenvalue weighted by molar-refractivity contribution is 5.92. The highest BCUT2D eigenvalue weighted by atomic mass is 16.5. The molecule has 0 bridgehead atoms. The van der Waals surface area contributed by atoms with Gasteiger partial charge in [-0.05, 0) is 26.9 Å². The van der Waals surface area contributed by atoms with E-state index in [1.54, 1.807) is 0 Å². The first-order valence-corrected chi connectivity index (χ1v) is 5.47. The number of nitrogens with zero attached hydrogens (tertiary/aromatic N) is 2. The summed E-state index contributed by atoms with van der Waals surface area (Å²) in [5.74, 6) is -0.134. The molecule has 1 saturated heterocycles. The van der Waals surface area contributed by atoms with Gasteiger partial charge in [0.1, 0.15) is 6.61 Å². The summed E-state index contributed by atoms with van der Waals surface area (Å²) in [5.41, 5.74) is 1.97. The molecule has 0 aromatic rings. The van der Waals surface area contributed by atoms with Crippen LogP contribution in [-0.2, 0) is 9.53 Å². The third-order valence-electron chi connectivity index (χ3n) is 2.90. The van der Waals surface area contributed by atoms with Gasteiger partial charge in [-0.25, -0.2) is 4.79 Å². The van der Waals surface area contributed by atoms with Crippen LogP contribution >= 0.6 is 0 Å². The minimum Gasteiger partial charge on any atom is -0.456 e. The molecule has 0 aromatic heterocycles. The van der Waals surface area contributed by atoms with E-state index < -0.39 is 0 Å². The van der Waals surface area contributed by atoms with E-state index in [1.807, 2.05) is 19.0 Å². The summed E-state index contributed by atoms with van der Waals surface area (Å²) in [6, 6.07) is 0. The van der Waals surface area contributed by atoms with Crippen molar-refractivity contribution in [1.82, 2.24) is 9.80 Å². The maximum Gasteiger partial charge on any atom is 0.337 e. The average Bonchev–Trinajstić information content (AvgIpc) is 2.76. The lowest BCUT2D eigenvalue weighted by Gasteiger charge is -2.19. The van der Waals surface area contributed by atoms with Gasteiger partial charge < -0.3 is 14.5 Å². The van der Waals surface area contributed by atoms with E-state index in [1.165, 1.54) is 12.8 Å². The number of carbonyl (C=O) groups excluding carboxylic acids is 1. The van der Waals surface area contributed by atoms with Gasteiger partial charge in [0.2, 0.25) is 0 Å². The molecule has 84 valence electrons. The molecule has 15 heavy (non-hydrogen) atoms. The fraction of sp³-hybridized carbons (Fsp3) is 0.727. The van der Waals surface area contributed by atoms with Gasteiger partial charge in [-0.1, -0.05) is 0 Å². The van der Waals surface area contributed by atoms with Crippen molar-refractivity contribution in [1.29, 1.82) is 0 Å². The van der Waals surface area contributed by atoms with Crippen molar-refractivity contribution in [2.24, 2.45) is 0 Å². The minimum atomic E-state index is -0.134. The van der Waals surface area contributed by atoms with Crippen molar-refractivity contribution in [3.05, 3.63) is 11.3 Å². The van der Waals surface area contributed by atoms with Crippen LogP contribution in [-0.4, -0.2) is 56.1 Å². The van der Waals surface area contributed by atoms with E-state index >= 15 is 0 Å². The topological polar surface area (TPSA) is 32.8 Å². The standard InChI is InChI=1S/C11H18N2O2/c1-12(2)7-9-10(8-15-11(9)14)13-5-3-4-6-13/h3-8H2,1-2H3. The normalized spacial score (nSPS) is 21.8. The summed E-state index contributed by atoms with van der Waals surface area (Å²) in [6.07, 6.45) is 2.46. The third kappa shape index (κ3) is 2.15. The van der Waals surface area contributed by atoms with Crippen LogP contribution in [0.15, 0.2) is 11.3 Å². The van der Waals surface area contributed by atoms with E-state index in [-0.39, 0.29) is 5.97 Å². The van der Waals surface area contributed by atoms with Gasteiger partial charge in [0.25, 0.3) is 0 Å². The summed E-state index contributed by atoms with van der Waals surface area (Å²) in [4.78, 5) is 15.9. The SMILES string of the molecule is CN(C)CC1=C(N2CCCC2)COC1=O. The lowest BCUT2D eigenvalue weighted by Crippen LogP contribution is -2.24. The summed E-state index contributed by atoms with van der Waals surface area (Å²) in [6.45, 7) is 3.30. The van der Waals surface area contributed by atoms with Crippen LogP contribution in [0.25, 0.3) is 0 Å². The lowest BCUT2D eigenvalue weighted by atomic mass is 10.2. The Kier molecular flexibility index (Phi) is 2.95. The predicted octanol–water partition coefficient (Wildman–Crippen LogP) is 0.455. The quantitative estimate of drug-likeness (QED) is 0.633. The molecular weight excluding hydrogens is 192 g/mol. The Morgan fingerprint density at radius 1 is 1.33 bits per heavy atom. The molecule has 1 fully saturated rings. The first kappa shape index (κ1) is 10.5. The predicted molar refractivity (Wildman–Crippen MR) is 57.3 cm³/mol. The second kappa shape index (κ2) is 4.23. The molecule has 2 aliphatic rings. The maximum absolute atomic E-state index is 11.5. The van der Waals surface area contributed by atoms with Crippen LogP contribution in [0, 0.1) is 0 Å². The zero-order valence-electron chi connectivity index (χ0n) is 9.45. The molecule has 0 atom stereocenters. The van der Waals surface area contributed by atoms with Gasteiger partial charge in [-0.2, -0.15) is 0 Å². The van der Waals surface area contributed by atoms with E-state index in [0.29, 0.717) is 13.2 Å².